The number of carbonyl (C=O) groups excluding carboxylic acids is 4. The smallest absolute Gasteiger partial charge is 0.263 e. The van der Waals surface area contributed by atoms with Crippen LogP contribution in [0.25, 0.3) is 27.0 Å². The number of pyridine rings is 2. The minimum Gasteiger partial charge on any atom is -0.490 e. The number of aryl methyl sites for hydroxylation is 3. The van der Waals surface area contributed by atoms with Gasteiger partial charge in [0, 0.05) is 64.3 Å². The van der Waals surface area contributed by atoms with Gasteiger partial charge in [-0.25, -0.2) is 19.9 Å². The molecule has 0 fully saturated rings. The van der Waals surface area contributed by atoms with Gasteiger partial charge >= 0.3 is 0 Å². The first-order valence-electron chi connectivity index (χ1n) is 23.3. The van der Waals surface area contributed by atoms with Crippen molar-refractivity contribution in [3.63, 3.8) is 0 Å². The predicted octanol–water partition coefficient (Wildman–Crippen LogP) is 4.71. The van der Waals surface area contributed by atoms with Crippen LogP contribution < -0.4 is 20.6 Å². The molecule has 3 aromatic carbocycles. The molecule has 21 heteroatoms. The highest BCUT2D eigenvalue weighted by Gasteiger charge is 2.36. The normalized spacial score (nSPS) is 14.0. The molecular formula is C51H42N12O8S. The van der Waals surface area contributed by atoms with Gasteiger partial charge in [0.1, 0.15) is 16.7 Å². The molecule has 72 heavy (non-hydrogen) atoms. The third-order valence-corrected chi connectivity index (χ3v) is 13.6. The topological polar surface area (TPSA) is 232 Å². The lowest BCUT2D eigenvalue weighted by Gasteiger charge is -2.17. The van der Waals surface area contributed by atoms with Crippen molar-refractivity contribution in [3.05, 3.63) is 174 Å². The van der Waals surface area contributed by atoms with Crippen molar-refractivity contribution in [2.24, 2.45) is 0 Å². The first kappa shape index (κ1) is 45.6. The summed E-state index contributed by atoms with van der Waals surface area (Å²) in [6.45, 7) is 3.96. The highest BCUT2D eigenvalue weighted by Crippen LogP contribution is 2.31. The molecule has 0 N–H and O–H groups in total. The van der Waals surface area contributed by atoms with E-state index in [2.05, 4.69) is 35.2 Å². The van der Waals surface area contributed by atoms with Gasteiger partial charge in [0.25, 0.3) is 34.7 Å². The zero-order valence-electron chi connectivity index (χ0n) is 38.6. The zero-order valence-corrected chi connectivity index (χ0v) is 39.5. The van der Waals surface area contributed by atoms with E-state index >= 15 is 0 Å². The summed E-state index contributed by atoms with van der Waals surface area (Å²) >= 11 is 1.41. The Labute approximate surface area is 412 Å². The van der Waals surface area contributed by atoms with E-state index in [1.165, 1.54) is 21.1 Å². The van der Waals surface area contributed by atoms with E-state index in [0.717, 1.165) is 22.7 Å². The molecule has 12 rings (SSSR count). The third kappa shape index (κ3) is 8.52. The van der Waals surface area contributed by atoms with Crippen LogP contribution in [0.1, 0.15) is 75.9 Å². The molecule has 0 aliphatic carbocycles. The van der Waals surface area contributed by atoms with Crippen LogP contribution in [-0.2, 0) is 38.8 Å². The van der Waals surface area contributed by atoms with Gasteiger partial charge in [-0.3, -0.25) is 47.7 Å². The summed E-state index contributed by atoms with van der Waals surface area (Å²) < 4.78 is 16.4. The van der Waals surface area contributed by atoms with Crippen molar-refractivity contribution in [1.29, 1.82) is 0 Å². The number of amides is 4. The lowest BCUT2D eigenvalue weighted by molar-refractivity contribution is 0.0639. The Bertz CT molecular complexity index is 3720. The molecule has 0 atom stereocenters. The van der Waals surface area contributed by atoms with Gasteiger partial charge in [-0.1, -0.05) is 41.7 Å². The second kappa shape index (κ2) is 19.2. The molecule has 0 saturated heterocycles. The van der Waals surface area contributed by atoms with Crippen molar-refractivity contribution in [2.45, 2.75) is 52.1 Å². The van der Waals surface area contributed by atoms with E-state index in [9.17, 15) is 28.8 Å². The SMILES string of the molecule is Cc1nnc2sc(CCn3c(CCN4C(=O)c5ccccc5C4=O)nc4ncccc4c3=O)nn12.O=C1c2ccccc2C(=O)N1CCc1nc2ncccc2c(=O)n1CCc1ccc2c(c1)OCCCO2. The van der Waals surface area contributed by atoms with E-state index in [0.29, 0.717) is 112 Å². The quantitative estimate of drug-likeness (QED) is 0.151. The maximum absolute atomic E-state index is 13.4. The second-order valence-electron chi connectivity index (χ2n) is 17.1. The fourth-order valence-corrected chi connectivity index (χ4v) is 9.88. The van der Waals surface area contributed by atoms with E-state index in [1.54, 1.807) is 98.8 Å². The molecule has 360 valence electrons. The van der Waals surface area contributed by atoms with Crippen molar-refractivity contribution >= 4 is 62.0 Å². The first-order valence-corrected chi connectivity index (χ1v) is 24.1. The van der Waals surface area contributed by atoms with Gasteiger partial charge in [0.15, 0.2) is 28.6 Å². The van der Waals surface area contributed by atoms with E-state index in [1.807, 2.05) is 25.1 Å². The highest BCUT2D eigenvalue weighted by molar-refractivity contribution is 7.16. The van der Waals surface area contributed by atoms with Crippen LogP contribution in [0.2, 0.25) is 0 Å². The number of hydrogen-bond acceptors (Lipinski definition) is 16. The molecule has 0 spiro atoms. The standard InChI is InChI=1S/C28H24N4O5.C23H18N8O3S/c33-26-19-5-1-2-6-20(19)27(34)32(26)14-11-24-30-25-21(7-3-12-29-25)28(35)31(24)13-10-18-8-9-22-23(17-18)37-16-4-15-36-22;1-13-26-27-23-31(13)28-18(35-23)9-12-29-17(25-19-16(22(29)34)7-4-10-24-19)8-11-30-20(32)14-5-2-3-6-15(14)21(30)33/h1-3,5-9,12,17H,4,10-11,13-16H2;2-7,10H,8-9,11-12H2,1H3. The molecule has 0 bridgehead atoms. The average Bonchev–Trinajstić information content (AvgIpc) is 4.05. The summed E-state index contributed by atoms with van der Waals surface area (Å²) in [5, 5.41) is 14.2. The molecule has 0 unspecified atom stereocenters. The second-order valence-corrected chi connectivity index (χ2v) is 18.1. The van der Waals surface area contributed by atoms with Crippen LogP contribution in [0.4, 0.5) is 0 Å². The van der Waals surface area contributed by atoms with Gasteiger partial charge in [-0.15, -0.1) is 10.2 Å². The monoisotopic (exact) mass is 982 g/mol. The highest BCUT2D eigenvalue weighted by atomic mass is 32.1. The van der Waals surface area contributed by atoms with E-state index < -0.39 is 0 Å². The Hall–Kier alpha value is -8.85. The Kier molecular flexibility index (Phi) is 12.1. The van der Waals surface area contributed by atoms with Gasteiger partial charge < -0.3 is 9.47 Å². The number of aromatic nitrogens is 10. The van der Waals surface area contributed by atoms with E-state index in [4.69, 9.17) is 9.47 Å². The molecule has 4 amide bonds. The first-order chi connectivity index (χ1) is 35.1. The fourth-order valence-electron chi connectivity index (χ4n) is 9.01. The summed E-state index contributed by atoms with van der Waals surface area (Å²) in [5.74, 6) is 1.70. The number of rotatable bonds is 12. The van der Waals surface area contributed by atoms with Crippen LogP contribution in [0, 0.1) is 6.92 Å². The predicted molar refractivity (Wildman–Crippen MR) is 261 cm³/mol. The maximum Gasteiger partial charge on any atom is 0.263 e. The minimum absolute atomic E-state index is 0.104. The number of imide groups is 2. The third-order valence-electron chi connectivity index (χ3n) is 12.7. The lowest BCUT2D eigenvalue weighted by atomic mass is 10.1. The van der Waals surface area contributed by atoms with Crippen molar-refractivity contribution in [2.75, 3.05) is 26.3 Å². The molecule has 6 aromatic heterocycles. The Morgan fingerprint density at radius 3 is 1.60 bits per heavy atom. The fraction of sp³-hybridized carbons (Fsp3) is 0.235. The molecular weight excluding hydrogens is 941 g/mol. The zero-order chi connectivity index (χ0) is 49.5. The Morgan fingerprint density at radius 1 is 0.556 bits per heavy atom. The van der Waals surface area contributed by atoms with Crippen LogP contribution in [0.5, 0.6) is 11.5 Å². The molecule has 3 aliphatic rings. The minimum atomic E-state index is -0.339. The number of benzene rings is 3. The molecule has 9 aromatic rings. The average molecular weight is 983 g/mol. The Balaban J connectivity index is 0.000000156. The maximum atomic E-state index is 13.4. The van der Waals surface area contributed by atoms with Crippen molar-refractivity contribution in [1.82, 2.24) is 58.7 Å². The van der Waals surface area contributed by atoms with Crippen LogP contribution in [-0.4, -0.2) is 109 Å². The van der Waals surface area contributed by atoms with Gasteiger partial charge in [0.05, 0.1) is 46.2 Å². The van der Waals surface area contributed by atoms with Crippen molar-refractivity contribution in [3.8, 4) is 11.5 Å². The van der Waals surface area contributed by atoms with Crippen LogP contribution >= 0.6 is 11.3 Å². The number of nitrogens with zero attached hydrogens (tertiary/aromatic N) is 12. The van der Waals surface area contributed by atoms with Crippen LogP contribution in [0.3, 0.4) is 0 Å². The number of fused-ring (bicyclic) bond motifs is 6. The number of ether oxygens (including phenoxy) is 2. The molecule has 3 aliphatic heterocycles. The lowest BCUT2D eigenvalue weighted by Crippen LogP contribution is -2.34. The molecule has 0 saturated carbocycles. The largest absolute Gasteiger partial charge is 0.490 e. The number of hydrogen-bond donors (Lipinski definition) is 0. The van der Waals surface area contributed by atoms with Crippen molar-refractivity contribution < 1.29 is 28.7 Å². The van der Waals surface area contributed by atoms with Crippen LogP contribution in [0.15, 0.2) is 113 Å². The van der Waals surface area contributed by atoms with E-state index in [-0.39, 0.29) is 60.7 Å². The van der Waals surface area contributed by atoms with Gasteiger partial charge in [-0.2, -0.15) is 9.61 Å². The molecule has 9 heterocycles. The summed E-state index contributed by atoms with van der Waals surface area (Å²) in [7, 11) is 0. The molecule has 20 nitrogen and oxygen atoms in total. The summed E-state index contributed by atoms with van der Waals surface area (Å²) in [5.41, 5.74) is 2.82. The Morgan fingerprint density at radius 2 is 1.07 bits per heavy atom. The summed E-state index contributed by atoms with van der Waals surface area (Å²) in [4.78, 5) is 98.9. The molecule has 0 radical (unpaired) electrons. The summed E-state index contributed by atoms with van der Waals surface area (Å²) in [6.07, 6.45) is 5.49. The van der Waals surface area contributed by atoms with Gasteiger partial charge in [-0.05, 0) is 79.6 Å². The van der Waals surface area contributed by atoms with Gasteiger partial charge in [0.2, 0.25) is 4.96 Å². The summed E-state index contributed by atoms with van der Waals surface area (Å²) in [6, 6.07) is 26.1. The number of carbonyl (C=O) groups is 4.